The molecular weight excluding hydrogens is 252 g/mol. The van der Waals surface area contributed by atoms with Crippen LogP contribution in [0.25, 0.3) is 22.6 Å². The Morgan fingerprint density at radius 1 is 1.28 bits per heavy atom. The van der Waals surface area contributed by atoms with Crippen LogP contribution in [0.3, 0.4) is 0 Å². The van der Waals surface area contributed by atoms with Crippen LogP contribution in [0.2, 0.25) is 0 Å². The predicted molar refractivity (Wildman–Crippen MR) is 69.9 cm³/mol. The van der Waals surface area contributed by atoms with Gasteiger partial charge in [-0.2, -0.15) is 11.3 Å². The lowest BCUT2D eigenvalue weighted by molar-refractivity contribution is 0.709. The van der Waals surface area contributed by atoms with E-state index in [-0.39, 0.29) is 11.2 Å². The summed E-state index contributed by atoms with van der Waals surface area (Å²) in [5.41, 5.74) is 0.897. The number of imidazole rings is 1. The highest BCUT2D eigenvalue weighted by Crippen LogP contribution is 2.20. The third kappa shape index (κ3) is 1.37. The lowest BCUT2D eigenvalue weighted by atomic mass is 10.3. The molecule has 1 N–H and O–H groups in total. The van der Waals surface area contributed by atoms with Crippen molar-refractivity contribution in [2.24, 2.45) is 14.1 Å². The van der Waals surface area contributed by atoms with E-state index < -0.39 is 0 Å². The minimum Gasteiger partial charge on any atom is -0.332 e. The summed E-state index contributed by atoms with van der Waals surface area (Å²) >= 11 is 1.55. The summed E-state index contributed by atoms with van der Waals surface area (Å²) in [5.74, 6) is 0.601. The quantitative estimate of drug-likeness (QED) is 0.701. The number of hydrogen-bond acceptors (Lipinski definition) is 4. The molecule has 0 saturated carbocycles. The minimum atomic E-state index is -0.379. The highest BCUT2D eigenvalue weighted by Gasteiger charge is 2.14. The molecule has 0 bridgehead atoms. The topological polar surface area (TPSA) is 72.7 Å². The first-order chi connectivity index (χ1) is 8.59. The van der Waals surface area contributed by atoms with Crippen molar-refractivity contribution < 1.29 is 0 Å². The molecule has 0 amide bonds. The van der Waals surface area contributed by atoms with E-state index in [0.717, 1.165) is 10.1 Å². The van der Waals surface area contributed by atoms with Gasteiger partial charge in [0.05, 0.1) is 0 Å². The average molecular weight is 262 g/mol. The van der Waals surface area contributed by atoms with Crippen LogP contribution in [0.1, 0.15) is 0 Å². The molecule has 0 aliphatic carbocycles. The van der Waals surface area contributed by atoms with Gasteiger partial charge < -0.3 is 4.98 Å². The van der Waals surface area contributed by atoms with Crippen molar-refractivity contribution in [3.8, 4) is 11.4 Å². The largest absolute Gasteiger partial charge is 0.332 e. The van der Waals surface area contributed by atoms with E-state index in [0.29, 0.717) is 17.0 Å². The first kappa shape index (κ1) is 11.0. The van der Waals surface area contributed by atoms with E-state index in [9.17, 15) is 9.59 Å². The van der Waals surface area contributed by atoms with Crippen LogP contribution in [-0.4, -0.2) is 19.1 Å². The molecule has 3 heterocycles. The van der Waals surface area contributed by atoms with Crippen LogP contribution in [0.15, 0.2) is 26.4 Å². The summed E-state index contributed by atoms with van der Waals surface area (Å²) in [6, 6.07) is 1.91. The maximum atomic E-state index is 12.0. The van der Waals surface area contributed by atoms with Crippen molar-refractivity contribution >= 4 is 22.5 Å². The Balaban J connectivity index is 2.44. The first-order valence-electron chi connectivity index (χ1n) is 5.28. The number of fused-ring (bicyclic) bond motifs is 1. The summed E-state index contributed by atoms with van der Waals surface area (Å²) < 4.78 is 2.43. The van der Waals surface area contributed by atoms with Gasteiger partial charge in [0.15, 0.2) is 5.65 Å². The zero-order valence-electron chi connectivity index (χ0n) is 9.80. The van der Waals surface area contributed by atoms with E-state index in [4.69, 9.17) is 0 Å². The molecule has 3 rings (SSSR count). The molecule has 0 saturated heterocycles. The number of thiophene rings is 1. The van der Waals surface area contributed by atoms with Crippen molar-refractivity contribution in [2.45, 2.75) is 0 Å². The van der Waals surface area contributed by atoms with Gasteiger partial charge in [-0.25, -0.2) is 9.78 Å². The molecule has 7 heteroatoms. The van der Waals surface area contributed by atoms with Crippen molar-refractivity contribution in [1.82, 2.24) is 19.1 Å². The molecule has 0 spiro atoms. The molecule has 3 aromatic rings. The third-order valence-corrected chi connectivity index (χ3v) is 3.57. The fourth-order valence-corrected chi connectivity index (χ4v) is 2.50. The second kappa shape index (κ2) is 3.67. The first-order valence-corrected chi connectivity index (χ1v) is 6.22. The van der Waals surface area contributed by atoms with Crippen LogP contribution in [0.4, 0.5) is 0 Å². The van der Waals surface area contributed by atoms with Crippen LogP contribution in [0, 0.1) is 0 Å². The Labute approximate surface area is 105 Å². The smallest absolute Gasteiger partial charge is 0.332 e. The summed E-state index contributed by atoms with van der Waals surface area (Å²) in [4.78, 5) is 31.0. The summed E-state index contributed by atoms with van der Waals surface area (Å²) in [7, 11) is 3.05. The zero-order valence-corrected chi connectivity index (χ0v) is 10.6. The summed E-state index contributed by atoms with van der Waals surface area (Å²) in [6.07, 6.45) is 0. The molecule has 0 fully saturated rings. The van der Waals surface area contributed by atoms with Crippen LogP contribution < -0.4 is 11.2 Å². The van der Waals surface area contributed by atoms with Crippen LogP contribution in [-0.2, 0) is 14.1 Å². The van der Waals surface area contributed by atoms with Crippen molar-refractivity contribution in [3.05, 3.63) is 37.7 Å². The maximum Gasteiger partial charge on any atom is 0.332 e. The summed E-state index contributed by atoms with van der Waals surface area (Å²) in [5, 5.41) is 3.86. The third-order valence-electron chi connectivity index (χ3n) is 2.89. The minimum absolute atomic E-state index is 0.348. The van der Waals surface area contributed by atoms with Gasteiger partial charge in [-0.1, -0.05) is 0 Å². The fraction of sp³-hybridized carbons (Fsp3) is 0.182. The number of nitrogens with zero attached hydrogens (tertiary/aromatic N) is 3. The van der Waals surface area contributed by atoms with Crippen molar-refractivity contribution in [2.75, 3.05) is 0 Å². The number of aromatic amines is 1. The zero-order chi connectivity index (χ0) is 12.9. The average Bonchev–Trinajstić information content (AvgIpc) is 3.01. The van der Waals surface area contributed by atoms with Gasteiger partial charge >= 0.3 is 5.69 Å². The Hall–Kier alpha value is -2.15. The number of hydrogen-bond donors (Lipinski definition) is 1. The predicted octanol–water partition coefficient (Wildman–Crippen LogP) is 0.689. The Morgan fingerprint density at radius 3 is 2.72 bits per heavy atom. The molecule has 0 aliphatic heterocycles. The van der Waals surface area contributed by atoms with E-state index in [1.807, 2.05) is 16.8 Å². The Bertz CT molecular complexity index is 838. The molecule has 6 nitrogen and oxygen atoms in total. The molecular formula is C11H10N4O2S. The lowest BCUT2D eigenvalue weighted by Crippen LogP contribution is -2.36. The van der Waals surface area contributed by atoms with Gasteiger partial charge in [0, 0.05) is 25.0 Å². The molecule has 0 aromatic carbocycles. The number of aryl methyl sites for hydroxylation is 1. The van der Waals surface area contributed by atoms with Crippen molar-refractivity contribution in [1.29, 1.82) is 0 Å². The SMILES string of the molecule is Cn1c(=O)c2[nH]c(-c3ccsc3)nc2n(C)c1=O. The second-order valence-electron chi connectivity index (χ2n) is 4.00. The molecule has 18 heavy (non-hydrogen) atoms. The van der Waals surface area contributed by atoms with E-state index in [1.54, 1.807) is 18.4 Å². The normalized spacial score (nSPS) is 11.2. The molecule has 0 aliphatic rings. The maximum absolute atomic E-state index is 12.0. The monoisotopic (exact) mass is 262 g/mol. The van der Waals surface area contributed by atoms with Crippen LogP contribution >= 0.6 is 11.3 Å². The van der Waals surface area contributed by atoms with Gasteiger partial charge in [-0.3, -0.25) is 13.9 Å². The van der Waals surface area contributed by atoms with E-state index in [1.165, 1.54) is 11.6 Å². The molecule has 3 aromatic heterocycles. The van der Waals surface area contributed by atoms with Gasteiger partial charge in [0.1, 0.15) is 11.3 Å². The van der Waals surface area contributed by atoms with Crippen molar-refractivity contribution in [3.63, 3.8) is 0 Å². The highest BCUT2D eigenvalue weighted by atomic mass is 32.1. The lowest BCUT2D eigenvalue weighted by Gasteiger charge is -2.00. The number of H-pyrrole nitrogens is 1. The molecule has 0 atom stereocenters. The molecule has 0 radical (unpaired) electrons. The molecule has 92 valence electrons. The van der Waals surface area contributed by atoms with Gasteiger partial charge in [0.2, 0.25) is 0 Å². The molecule has 0 unspecified atom stereocenters. The van der Waals surface area contributed by atoms with E-state index in [2.05, 4.69) is 9.97 Å². The van der Waals surface area contributed by atoms with E-state index >= 15 is 0 Å². The van der Waals surface area contributed by atoms with Crippen LogP contribution in [0.5, 0.6) is 0 Å². The van der Waals surface area contributed by atoms with Gasteiger partial charge in [-0.05, 0) is 11.4 Å². The summed E-state index contributed by atoms with van der Waals surface area (Å²) in [6.45, 7) is 0. The number of rotatable bonds is 1. The highest BCUT2D eigenvalue weighted by molar-refractivity contribution is 7.08. The standard InChI is InChI=1S/C11H10N4O2S/c1-14-9-7(10(16)15(2)11(14)17)12-8(13-9)6-3-4-18-5-6/h3-5H,1-2H3,(H,12,13). The Kier molecular flexibility index (Phi) is 2.24. The van der Waals surface area contributed by atoms with Gasteiger partial charge in [0.25, 0.3) is 5.56 Å². The Morgan fingerprint density at radius 2 is 2.06 bits per heavy atom. The number of aromatic nitrogens is 4. The number of nitrogens with one attached hydrogen (secondary N) is 1. The second-order valence-corrected chi connectivity index (χ2v) is 4.78. The fourth-order valence-electron chi connectivity index (χ4n) is 1.86. The van der Waals surface area contributed by atoms with Gasteiger partial charge in [-0.15, -0.1) is 0 Å².